The van der Waals surface area contributed by atoms with Crippen LogP contribution in [-0.4, -0.2) is 41.8 Å². The van der Waals surface area contributed by atoms with E-state index in [1.165, 1.54) is 0 Å². The predicted octanol–water partition coefficient (Wildman–Crippen LogP) is 1.49. The van der Waals surface area contributed by atoms with Crippen molar-refractivity contribution in [3.63, 3.8) is 0 Å². The maximum atomic E-state index is 9.48. The first-order valence-electron chi connectivity index (χ1n) is 5.95. The Hall–Kier alpha value is -1.88. The van der Waals surface area contributed by atoms with Gasteiger partial charge in [-0.05, 0) is 19.1 Å². The summed E-state index contributed by atoms with van der Waals surface area (Å²) in [4.78, 5) is 10.8. The maximum absolute atomic E-state index is 9.48. The Morgan fingerprint density at radius 3 is 2.72 bits per heavy atom. The summed E-state index contributed by atoms with van der Waals surface area (Å²) >= 11 is 0. The minimum Gasteiger partial charge on any atom is -0.392 e. The van der Waals surface area contributed by atoms with Gasteiger partial charge in [0.15, 0.2) is 0 Å². The number of rotatable bonds is 4. The highest BCUT2D eigenvalue weighted by atomic mass is 16.3. The van der Waals surface area contributed by atoms with Gasteiger partial charge in [-0.1, -0.05) is 12.1 Å². The molecule has 0 amide bonds. The van der Waals surface area contributed by atoms with E-state index in [1.807, 2.05) is 36.2 Å². The summed E-state index contributed by atoms with van der Waals surface area (Å²) in [6.45, 7) is 2.29. The van der Waals surface area contributed by atoms with E-state index in [9.17, 15) is 5.11 Å². The number of anilines is 2. The Balaban J connectivity index is 2.53. The first-order valence-corrected chi connectivity index (χ1v) is 5.95. The quantitative estimate of drug-likeness (QED) is 0.856. The summed E-state index contributed by atoms with van der Waals surface area (Å²) < 4.78 is 0. The fourth-order valence-corrected chi connectivity index (χ4v) is 1.95. The molecule has 5 nitrogen and oxygen atoms in total. The lowest BCUT2D eigenvalue weighted by Gasteiger charge is -2.21. The Morgan fingerprint density at radius 1 is 1.33 bits per heavy atom. The lowest BCUT2D eigenvalue weighted by molar-refractivity contribution is 0.201. The van der Waals surface area contributed by atoms with Crippen molar-refractivity contribution < 1.29 is 5.11 Å². The van der Waals surface area contributed by atoms with Crippen LogP contribution in [0.25, 0.3) is 10.9 Å². The van der Waals surface area contributed by atoms with Crippen LogP contribution in [0.4, 0.5) is 11.8 Å². The summed E-state index contributed by atoms with van der Waals surface area (Å²) in [5, 5.41) is 13.4. The average molecular weight is 246 g/mol. The first-order chi connectivity index (χ1) is 8.61. The van der Waals surface area contributed by atoms with Crippen molar-refractivity contribution in [1.29, 1.82) is 0 Å². The monoisotopic (exact) mass is 246 g/mol. The van der Waals surface area contributed by atoms with Crippen LogP contribution in [0.5, 0.6) is 0 Å². The van der Waals surface area contributed by atoms with Gasteiger partial charge in [0.1, 0.15) is 5.82 Å². The van der Waals surface area contributed by atoms with Crippen LogP contribution >= 0.6 is 0 Å². The van der Waals surface area contributed by atoms with Gasteiger partial charge in [-0.15, -0.1) is 0 Å². The SMILES string of the molecule is CNc1nc(N(C)CC(C)O)c2ccccc2n1. The summed E-state index contributed by atoms with van der Waals surface area (Å²) in [7, 11) is 3.71. The molecule has 0 saturated heterocycles. The van der Waals surface area contributed by atoms with Crippen LogP contribution < -0.4 is 10.2 Å². The zero-order valence-electron chi connectivity index (χ0n) is 10.9. The van der Waals surface area contributed by atoms with E-state index in [2.05, 4.69) is 15.3 Å². The molecule has 1 aromatic heterocycles. The number of nitrogens with zero attached hydrogens (tertiary/aromatic N) is 3. The molecule has 0 radical (unpaired) electrons. The van der Waals surface area contributed by atoms with Gasteiger partial charge in [0.2, 0.25) is 5.95 Å². The van der Waals surface area contributed by atoms with Gasteiger partial charge in [-0.25, -0.2) is 4.98 Å². The molecule has 0 aliphatic carbocycles. The first kappa shape index (κ1) is 12.6. The summed E-state index contributed by atoms with van der Waals surface area (Å²) in [5.74, 6) is 1.41. The highest BCUT2D eigenvalue weighted by molar-refractivity contribution is 5.90. The van der Waals surface area contributed by atoms with Gasteiger partial charge >= 0.3 is 0 Å². The zero-order chi connectivity index (χ0) is 13.1. The van der Waals surface area contributed by atoms with Crippen molar-refractivity contribution in [2.24, 2.45) is 0 Å². The number of hydrogen-bond acceptors (Lipinski definition) is 5. The number of aliphatic hydroxyl groups excluding tert-OH is 1. The molecule has 2 aromatic rings. The topological polar surface area (TPSA) is 61.3 Å². The van der Waals surface area contributed by atoms with E-state index < -0.39 is 6.10 Å². The van der Waals surface area contributed by atoms with Crippen LogP contribution in [0.3, 0.4) is 0 Å². The van der Waals surface area contributed by atoms with Crippen molar-refractivity contribution in [1.82, 2.24) is 9.97 Å². The van der Waals surface area contributed by atoms with Crippen LogP contribution in [0.2, 0.25) is 0 Å². The number of fused-ring (bicyclic) bond motifs is 1. The molecule has 18 heavy (non-hydrogen) atoms. The van der Waals surface area contributed by atoms with E-state index in [0.29, 0.717) is 12.5 Å². The molecular weight excluding hydrogens is 228 g/mol. The standard InChI is InChI=1S/C13H18N4O/c1-9(18)8-17(3)12-10-6-4-5-7-11(10)15-13(14-2)16-12/h4-7,9,18H,8H2,1-3H3,(H,14,15,16). The highest BCUT2D eigenvalue weighted by Crippen LogP contribution is 2.24. The molecule has 1 heterocycles. The van der Waals surface area contributed by atoms with Crippen molar-refractivity contribution >= 4 is 22.7 Å². The molecule has 2 rings (SSSR count). The van der Waals surface area contributed by atoms with Crippen molar-refractivity contribution in [3.8, 4) is 0 Å². The molecule has 0 fully saturated rings. The predicted molar refractivity (Wildman–Crippen MR) is 74.0 cm³/mol. The van der Waals surface area contributed by atoms with E-state index in [0.717, 1.165) is 16.7 Å². The van der Waals surface area contributed by atoms with Gasteiger partial charge in [0.25, 0.3) is 0 Å². The maximum Gasteiger partial charge on any atom is 0.224 e. The van der Waals surface area contributed by atoms with E-state index in [4.69, 9.17) is 0 Å². The normalized spacial score (nSPS) is 12.4. The zero-order valence-corrected chi connectivity index (χ0v) is 10.9. The summed E-state index contributed by atoms with van der Waals surface area (Å²) in [6, 6.07) is 7.86. The average Bonchev–Trinajstić information content (AvgIpc) is 2.36. The van der Waals surface area contributed by atoms with Crippen LogP contribution in [0, 0.1) is 0 Å². The summed E-state index contributed by atoms with van der Waals surface area (Å²) in [6.07, 6.45) is -0.401. The molecule has 1 aromatic carbocycles. The molecule has 1 atom stereocenters. The minimum atomic E-state index is -0.401. The second-order valence-electron chi connectivity index (χ2n) is 4.37. The number of likely N-dealkylation sites (N-methyl/N-ethyl adjacent to an activating group) is 1. The van der Waals surface area contributed by atoms with Crippen LogP contribution in [-0.2, 0) is 0 Å². The Kier molecular flexibility index (Phi) is 3.62. The molecule has 0 aliphatic rings. The number of hydrogen-bond donors (Lipinski definition) is 2. The number of para-hydroxylation sites is 1. The fourth-order valence-electron chi connectivity index (χ4n) is 1.95. The minimum absolute atomic E-state index is 0.401. The Labute approximate surface area is 106 Å². The molecule has 0 saturated carbocycles. The largest absolute Gasteiger partial charge is 0.392 e. The smallest absolute Gasteiger partial charge is 0.224 e. The van der Waals surface area contributed by atoms with Gasteiger partial charge < -0.3 is 15.3 Å². The third-order valence-electron chi connectivity index (χ3n) is 2.71. The van der Waals surface area contributed by atoms with Crippen LogP contribution in [0.15, 0.2) is 24.3 Å². The second-order valence-corrected chi connectivity index (χ2v) is 4.37. The molecule has 96 valence electrons. The Bertz CT molecular complexity index is 542. The van der Waals surface area contributed by atoms with E-state index in [-0.39, 0.29) is 0 Å². The molecule has 0 aliphatic heterocycles. The fraction of sp³-hybridized carbons (Fsp3) is 0.385. The molecule has 2 N–H and O–H groups in total. The van der Waals surface area contributed by atoms with Gasteiger partial charge in [0, 0.05) is 26.0 Å². The van der Waals surface area contributed by atoms with Crippen molar-refractivity contribution in [3.05, 3.63) is 24.3 Å². The molecule has 1 unspecified atom stereocenters. The van der Waals surface area contributed by atoms with Gasteiger partial charge in [-0.3, -0.25) is 0 Å². The van der Waals surface area contributed by atoms with Crippen molar-refractivity contribution in [2.45, 2.75) is 13.0 Å². The van der Waals surface area contributed by atoms with Crippen LogP contribution in [0.1, 0.15) is 6.92 Å². The number of aliphatic hydroxyl groups is 1. The number of aromatic nitrogens is 2. The highest BCUT2D eigenvalue weighted by Gasteiger charge is 2.12. The summed E-state index contributed by atoms with van der Waals surface area (Å²) in [5.41, 5.74) is 0.893. The Morgan fingerprint density at radius 2 is 2.06 bits per heavy atom. The second kappa shape index (κ2) is 5.18. The third kappa shape index (κ3) is 2.51. The third-order valence-corrected chi connectivity index (χ3v) is 2.71. The number of benzene rings is 1. The molecule has 5 heteroatoms. The lowest BCUT2D eigenvalue weighted by atomic mass is 10.2. The molecule has 0 bridgehead atoms. The number of nitrogens with one attached hydrogen (secondary N) is 1. The lowest BCUT2D eigenvalue weighted by Crippen LogP contribution is -2.28. The van der Waals surface area contributed by atoms with E-state index in [1.54, 1.807) is 14.0 Å². The van der Waals surface area contributed by atoms with Gasteiger partial charge in [-0.2, -0.15) is 4.98 Å². The molecular formula is C13H18N4O. The molecule has 0 spiro atoms. The van der Waals surface area contributed by atoms with Gasteiger partial charge in [0.05, 0.1) is 11.6 Å². The van der Waals surface area contributed by atoms with Crippen molar-refractivity contribution in [2.75, 3.05) is 30.9 Å². The van der Waals surface area contributed by atoms with E-state index >= 15 is 0 Å².